The van der Waals surface area contributed by atoms with Crippen LogP contribution >= 0.6 is 0 Å². The smallest absolute Gasteiger partial charge is 0.254 e. The molecule has 0 atom stereocenters. The van der Waals surface area contributed by atoms with E-state index in [1.807, 2.05) is 0 Å². The summed E-state index contributed by atoms with van der Waals surface area (Å²) in [5.41, 5.74) is 0. The van der Waals surface area contributed by atoms with Gasteiger partial charge in [-0.15, -0.1) is 0 Å². The van der Waals surface area contributed by atoms with Crippen molar-refractivity contribution < 1.29 is 23.9 Å². The topological polar surface area (TPSA) is 92.8 Å². The van der Waals surface area contributed by atoms with Gasteiger partial charge in [-0.2, -0.15) is 0 Å². The van der Waals surface area contributed by atoms with Gasteiger partial charge in [-0.3, -0.25) is 24.1 Å². The third-order valence-corrected chi connectivity index (χ3v) is 3.36. The second-order valence-corrected chi connectivity index (χ2v) is 5.30. The van der Waals surface area contributed by atoms with Crippen LogP contribution in [-0.4, -0.2) is 54.7 Å². The van der Waals surface area contributed by atoms with Crippen molar-refractivity contribution >= 4 is 23.5 Å². The maximum atomic E-state index is 11.6. The number of amides is 3. The summed E-state index contributed by atoms with van der Waals surface area (Å²) in [5, 5.41) is 2.56. The fourth-order valence-electron chi connectivity index (χ4n) is 2.03. The zero-order chi connectivity index (χ0) is 17.1. The number of nitrogens with zero attached hydrogens (tertiary/aromatic N) is 1. The molecule has 0 saturated carbocycles. The summed E-state index contributed by atoms with van der Waals surface area (Å²) < 4.78 is 5.28. The first kappa shape index (κ1) is 19.0. The minimum absolute atomic E-state index is 0.195. The zero-order valence-corrected chi connectivity index (χ0v) is 13.5. The number of rotatable bonds is 12. The molecular formula is C16H24N2O5. The van der Waals surface area contributed by atoms with Crippen molar-refractivity contribution in [3.05, 3.63) is 12.2 Å². The van der Waals surface area contributed by atoms with Crippen LogP contribution in [0.3, 0.4) is 0 Å². The van der Waals surface area contributed by atoms with Crippen LogP contribution in [0.5, 0.6) is 0 Å². The van der Waals surface area contributed by atoms with E-state index in [1.54, 1.807) is 0 Å². The van der Waals surface area contributed by atoms with Crippen molar-refractivity contribution in [3.8, 4) is 0 Å². The fraction of sp³-hybridized carbons (Fsp3) is 0.625. The molecule has 3 amide bonds. The number of ether oxygens (including phenoxy) is 1. The highest BCUT2D eigenvalue weighted by Gasteiger charge is 2.25. The number of Topliss-reactive ketones (excluding diaryl/α,β-unsaturated/α-hetero) is 1. The molecule has 128 valence electrons. The van der Waals surface area contributed by atoms with Gasteiger partial charge in [-0.05, 0) is 6.42 Å². The van der Waals surface area contributed by atoms with Crippen LogP contribution in [0.25, 0.3) is 0 Å². The molecule has 0 unspecified atom stereocenters. The molecule has 0 saturated heterocycles. The number of hydrogen-bond donors (Lipinski definition) is 1. The largest absolute Gasteiger partial charge is 0.379 e. The molecule has 0 aromatic carbocycles. The van der Waals surface area contributed by atoms with Gasteiger partial charge >= 0.3 is 0 Å². The molecular weight excluding hydrogens is 300 g/mol. The van der Waals surface area contributed by atoms with Gasteiger partial charge in [-0.25, -0.2) is 0 Å². The Morgan fingerprint density at radius 2 is 1.78 bits per heavy atom. The molecule has 7 heteroatoms. The summed E-state index contributed by atoms with van der Waals surface area (Å²) in [7, 11) is 0. The van der Waals surface area contributed by atoms with Gasteiger partial charge < -0.3 is 10.1 Å². The fourth-order valence-corrected chi connectivity index (χ4v) is 2.03. The van der Waals surface area contributed by atoms with Crippen LogP contribution in [0.1, 0.15) is 39.0 Å². The molecule has 1 aliphatic rings. The lowest BCUT2D eigenvalue weighted by molar-refractivity contribution is -0.141. The number of imide groups is 1. The van der Waals surface area contributed by atoms with E-state index in [1.165, 1.54) is 0 Å². The molecule has 23 heavy (non-hydrogen) atoms. The summed E-state index contributed by atoms with van der Waals surface area (Å²) in [6.45, 7) is 2.70. The van der Waals surface area contributed by atoms with Crippen LogP contribution in [-0.2, 0) is 23.9 Å². The SMILES string of the molecule is CCCCCC(=O)CCOCCNC(=O)CN1C(=O)C=CC1=O. The Morgan fingerprint density at radius 1 is 1.09 bits per heavy atom. The number of unbranched alkanes of at least 4 members (excludes halogenated alkanes) is 2. The van der Waals surface area contributed by atoms with Gasteiger partial charge in [0.15, 0.2) is 0 Å². The third-order valence-electron chi connectivity index (χ3n) is 3.36. The van der Waals surface area contributed by atoms with E-state index >= 15 is 0 Å². The molecule has 0 aromatic heterocycles. The first-order valence-electron chi connectivity index (χ1n) is 7.94. The lowest BCUT2D eigenvalue weighted by Gasteiger charge is -2.13. The van der Waals surface area contributed by atoms with Crippen molar-refractivity contribution in [2.24, 2.45) is 0 Å². The minimum atomic E-state index is -0.483. The van der Waals surface area contributed by atoms with E-state index in [0.717, 1.165) is 36.3 Å². The van der Waals surface area contributed by atoms with Gasteiger partial charge in [0.2, 0.25) is 5.91 Å². The van der Waals surface area contributed by atoms with Crippen LogP contribution in [0.2, 0.25) is 0 Å². The summed E-state index contributed by atoms with van der Waals surface area (Å²) in [4.78, 5) is 46.5. The highest BCUT2D eigenvalue weighted by molar-refractivity contribution is 6.14. The second kappa shape index (κ2) is 10.7. The number of carbonyl (C=O) groups is 4. The normalized spacial score (nSPS) is 13.7. The Balaban J connectivity index is 2.00. The average molecular weight is 324 g/mol. The molecule has 0 bridgehead atoms. The maximum absolute atomic E-state index is 11.6. The van der Waals surface area contributed by atoms with Crippen molar-refractivity contribution in [2.75, 3.05) is 26.3 Å². The molecule has 1 N–H and O–H groups in total. The first-order chi connectivity index (χ1) is 11.0. The summed E-state index contributed by atoms with van der Waals surface area (Å²) in [6.07, 6.45) is 6.34. The molecule has 0 aliphatic carbocycles. The van der Waals surface area contributed by atoms with E-state index < -0.39 is 17.7 Å². The standard InChI is InChI=1S/C16H24N2O5/c1-2-3-4-5-13(19)8-10-23-11-9-17-14(20)12-18-15(21)6-7-16(18)22/h6-7H,2-5,8-12H2,1H3,(H,17,20). The lowest BCUT2D eigenvalue weighted by Crippen LogP contribution is -2.41. The minimum Gasteiger partial charge on any atom is -0.379 e. The Labute approximate surface area is 136 Å². The van der Waals surface area contributed by atoms with Crippen LogP contribution < -0.4 is 5.32 Å². The van der Waals surface area contributed by atoms with E-state index in [0.29, 0.717) is 19.4 Å². The van der Waals surface area contributed by atoms with Gasteiger partial charge in [-0.1, -0.05) is 19.8 Å². The van der Waals surface area contributed by atoms with Crippen molar-refractivity contribution in [1.29, 1.82) is 0 Å². The quantitative estimate of drug-likeness (QED) is 0.419. The zero-order valence-electron chi connectivity index (χ0n) is 13.5. The summed E-state index contributed by atoms with van der Waals surface area (Å²) in [6, 6.07) is 0. The maximum Gasteiger partial charge on any atom is 0.254 e. The highest BCUT2D eigenvalue weighted by atomic mass is 16.5. The van der Waals surface area contributed by atoms with Gasteiger partial charge in [0, 0.05) is 31.5 Å². The van der Waals surface area contributed by atoms with Crippen molar-refractivity contribution in [3.63, 3.8) is 0 Å². The average Bonchev–Trinajstić information content (AvgIpc) is 2.83. The molecule has 1 aliphatic heterocycles. The summed E-state index contributed by atoms with van der Waals surface area (Å²) >= 11 is 0. The van der Waals surface area contributed by atoms with Crippen molar-refractivity contribution in [1.82, 2.24) is 10.2 Å². The first-order valence-corrected chi connectivity index (χ1v) is 7.94. The lowest BCUT2D eigenvalue weighted by atomic mass is 10.1. The molecule has 1 heterocycles. The molecule has 0 spiro atoms. The van der Waals surface area contributed by atoms with Gasteiger partial charge in [0.1, 0.15) is 12.3 Å². The summed E-state index contributed by atoms with van der Waals surface area (Å²) in [5.74, 6) is -1.19. The molecule has 0 radical (unpaired) electrons. The van der Waals surface area contributed by atoms with Gasteiger partial charge in [0.25, 0.3) is 11.8 Å². The number of carbonyl (C=O) groups excluding carboxylic acids is 4. The van der Waals surface area contributed by atoms with E-state index in [-0.39, 0.29) is 25.5 Å². The molecule has 0 fully saturated rings. The Kier molecular flexibility index (Phi) is 8.82. The van der Waals surface area contributed by atoms with Crippen LogP contribution in [0.15, 0.2) is 12.2 Å². The predicted octanol–water partition coefficient (Wildman–Crippen LogP) is 0.584. The van der Waals surface area contributed by atoms with E-state index in [9.17, 15) is 19.2 Å². The number of ketones is 1. The van der Waals surface area contributed by atoms with Crippen molar-refractivity contribution in [2.45, 2.75) is 39.0 Å². The third kappa shape index (κ3) is 7.69. The number of hydrogen-bond acceptors (Lipinski definition) is 5. The van der Waals surface area contributed by atoms with E-state index in [2.05, 4.69) is 12.2 Å². The van der Waals surface area contributed by atoms with Crippen LogP contribution in [0, 0.1) is 0 Å². The molecule has 0 aromatic rings. The molecule has 7 nitrogen and oxygen atoms in total. The number of nitrogens with one attached hydrogen (secondary N) is 1. The highest BCUT2D eigenvalue weighted by Crippen LogP contribution is 2.03. The van der Waals surface area contributed by atoms with Gasteiger partial charge in [0.05, 0.1) is 13.2 Å². The Hall–Kier alpha value is -2.02. The second-order valence-electron chi connectivity index (χ2n) is 5.30. The van der Waals surface area contributed by atoms with E-state index in [4.69, 9.17) is 4.74 Å². The molecule has 1 rings (SSSR count). The van der Waals surface area contributed by atoms with Crippen LogP contribution in [0.4, 0.5) is 0 Å². The Bertz CT molecular complexity index is 455. The Morgan fingerprint density at radius 3 is 2.43 bits per heavy atom. The monoisotopic (exact) mass is 324 g/mol. The predicted molar refractivity (Wildman–Crippen MR) is 83.5 cm³/mol.